The molecule has 0 atom stereocenters. The summed E-state index contributed by atoms with van der Waals surface area (Å²) in [5, 5.41) is 8.19. The number of rotatable bonds is 5. The number of nitrogens with one attached hydrogen (secondary N) is 2. The zero-order chi connectivity index (χ0) is 16.4. The number of aryl methyl sites for hydroxylation is 1. The average molecular weight is 323 g/mol. The third-order valence-corrected chi connectivity index (χ3v) is 4.75. The van der Waals surface area contributed by atoms with Gasteiger partial charge in [-0.1, -0.05) is 24.3 Å². The molecular weight excluding hydrogens is 301 g/mol. The van der Waals surface area contributed by atoms with Gasteiger partial charge in [0.25, 0.3) is 0 Å². The maximum absolute atomic E-state index is 13.2. The van der Waals surface area contributed by atoms with Crippen molar-refractivity contribution in [2.75, 3.05) is 18.4 Å². The number of fused-ring (bicyclic) bond motifs is 3. The Morgan fingerprint density at radius 3 is 2.96 bits per heavy atom. The fraction of sp³-hybridized carbons (Fsp3) is 0.300. The van der Waals surface area contributed by atoms with E-state index in [0.29, 0.717) is 0 Å². The van der Waals surface area contributed by atoms with Gasteiger partial charge in [0.2, 0.25) is 0 Å². The maximum Gasteiger partial charge on any atom is 0.125 e. The number of nitrogens with zero attached hydrogens (tertiary/aromatic N) is 1. The van der Waals surface area contributed by atoms with Gasteiger partial charge >= 0.3 is 0 Å². The molecule has 0 aliphatic carbocycles. The van der Waals surface area contributed by atoms with Crippen LogP contribution in [0.2, 0.25) is 0 Å². The van der Waals surface area contributed by atoms with Crippen molar-refractivity contribution in [2.24, 2.45) is 0 Å². The molecule has 0 spiro atoms. The van der Waals surface area contributed by atoms with Crippen LogP contribution < -0.4 is 10.6 Å². The van der Waals surface area contributed by atoms with E-state index in [4.69, 9.17) is 0 Å². The number of para-hydroxylation sites is 1. The minimum atomic E-state index is -0.198. The van der Waals surface area contributed by atoms with Crippen molar-refractivity contribution in [3.05, 3.63) is 65.6 Å². The molecule has 0 fully saturated rings. The van der Waals surface area contributed by atoms with Gasteiger partial charge in [0.05, 0.1) is 0 Å². The highest BCUT2D eigenvalue weighted by Crippen LogP contribution is 2.28. The molecule has 0 unspecified atom stereocenters. The van der Waals surface area contributed by atoms with Crippen molar-refractivity contribution in [1.82, 2.24) is 9.88 Å². The van der Waals surface area contributed by atoms with Gasteiger partial charge in [0.1, 0.15) is 5.82 Å². The highest BCUT2D eigenvalue weighted by molar-refractivity contribution is 5.85. The second-order valence-corrected chi connectivity index (χ2v) is 6.31. The Morgan fingerprint density at radius 2 is 2.04 bits per heavy atom. The monoisotopic (exact) mass is 323 g/mol. The van der Waals surface area contributed by atoms with E-state index in [9.17, 15) is 4.39 Å². The summed E-state index contributed by atoms with van der Waals surface area (Å²) >= 11 is 0. The summed E-state index contributed by atoms with van der Waals surface area (Å²) in [6, 6.07) is 15.3. The fourth-order valence-electron chi connectivity index (χ4n) is 3.65. The first-order valence-corrected chi connectivity index (χ1v) is 8.62. The number of hydrogen-bond acceptors (Lipinski definition) is 2. The van der Waals surface area contributed by atoms with Crippen molar-refractivity contribution in [3.8, 4) is 0 Å². The van der Waals surface area contributed by atoms with Crippen LogP contribution in [-0.4, -0.2) is 17.7 Å². The van der Waals surface area contributed by atoms with E-state index in [2.05, 4.69) is 39.5 Å². The Labute approximate surface area is 141 Å². The summed E-state index contributed by atoms with van der Waals surface area (Å²) in [6.07, 6.45) is 2.10. The minimum Gasteiger partial charge on any atom is -0.385 e. The molecule has 3 nitrogen and oxygen atoms in total. The molecular formula is C20H22FN3. The van der Waals surface area contributed by atoms with E-state index in [1.54, 1.807) is 6.07 Å². The third kappa shape index (κ3) is 2.89. The maximum atomic E-state index is 13.2. The van der Waals surface area contributed by atoms with Gasteiger partial charge in [0.15, 0.2) is 0 Å². The highest BCUT2D eigenvalue weighted by atomic mass is 19.1. The van der Waals surface area contributed by atoms with Gasteiger partial charge in [-0.05, 0) is 49.2 Å². The Balaban J connectivity index is 1.48. The second-order valence-electron chi connectivity index (χ2n) is 6.31. The van der Waals surface area contributed by atoms with Crippen LogP contribution in [0.25, 0.3) is 10.9 Å². The molecule has 4 heteroatoms. The molecule has 4 rings (SSSR count). The molecule has 24 heavy (non-hydrogen) atoms. The molecule has 124 valence electrons. The molecule has 1 aliphatic rings. The van der Waals surface area contributed by atoms with E-state index < -0.39 is 0 Å². The summed E-state index contributed by atoms with van der Waals surface area (Å²) < 4.78 is 15.7. The average Bonchev–Trinajstić information content (AvgIpc) is 2.93. The SMILES string of the molecule is Fc1cccc(NCCCn2c3c(c4ccccc42)CCNC3)c1. The lowest BCUT2D eigenvalue weighted by Crippen LogP contribution is -2.25. The van der Waals surface area contributed by atoms with E-state index in [1.165, 1.54) is 34.3 Å². The standard InChI is InChI=1S/C20H22FN3/c21-15-5-3-6-16(13-15)23-10-4-12-24-19-8-2-1-7-17(19)18-9-11-22-14-20(18)24/h1-3,5-8,13,22-23H,4,9-12,14H2. The Bertz CT molecular complexity index is 853. The highest BCUT2D eigenvalue weighted by Gasteiger charge is 2.18. The first-order valence-electron chi connectivity index (χ1n) is 8.62. The van der Waals surface area contributed by atoms with Gasteiger partial charge in [0, 0.05) is 41.9 Å². The van der Waals surface area contributed by atoms with Crippen LogP contribution in [0.3, 0.4) is 0 Å². The number of benzene rings is 2. The van der Waals surface area contributed by atoms with Crippen LogP contribution in [0.15, 0.2) is 48.5 Å². The van der Waals surface area contributed by atoms with Gasteiger partial charge in [-0.25, -0.2) is 4.39 Å². The molecule has 2 N–H and O–H groups in total. The van der Waals surface area contributed by atoms with Crippen LogP contribution in [0, 0.1) is 5.82 Å². The van der Waals surface area contributed by atoms with Crippen molar-refractivity contribution >= 4 is 16.6 Å². The largest absolute Gasteiger partial charge is 0.385 e. The predicted molar refractivity (Wildman–Crippen MR) is 96.9 cm³/mol. The second kappa shape index (κ2) is 6.65. The quantitative estimate of drug-likeness (QED) is 0.697. The van der Waals surface area contributed by atoms with Crippen LogP contribution in [-0.2, 0) is 19.5 Å². The number of anilines is 1. The lowest BCUT2D eigenvalue weighted by molar-refractivity contribution is 0.576. The van der Waals surface area contributed by atoms with Gasteiger partial charge < -0.3 is 15.2 Å². The Hall–Kier alpha value is -2.33. The number of halogens is 1. The first kappa shape index (κ1) is 15.2. The van der Waals surface area contributed by atoms with Crippen LogP contribution in [0.5, 0.6) is 0 Å². The van der Waals surface area contributed by atoms with E-state index in [-0.39, 0.29) is 5.82 Å². The topological polar surface area (TPSA) is 29.0 Å². The summed E-state index contributed by atoms with van der Waals surface area (Å²) in [5.74, 6) is -0.198. The zero-order valence-electron chi connectivity index (χ0n) is 13.7. The molecule has 1 aliphatic heterocycles. The van der Waals surface area contributed by atoms with E-state index in [1.807, 2.05) is 6.07 Å². The Kier molecular flexibility index (Phi) is 4.22. The molecule has 0 radical (unpaired) electrons. The van der Waals surface area contributed by atoms with Gasteiger partial charge in [-0.3, -0.25) is 0 Å². The normalized spacial score (nSPS) is 13.9. The summed E-state index contributed by atoms with van der Waals surface area (Å²) in [5.41, 5.74) is 5.10. The van der Waals surface area contributed by atoms with Crippen LogP contribution in [0.1, 0.15) is 17.7 Å². The van der Waals surface area contributed by atoms with Crippen molar-refractivity contribution in [1.29, 1.82) is 0 Å². The number of aromatic nitrogens is 1. The molecule has 0 saturated heterocycles. The predicted octanol–water partition coefficient (Wildman–Crippen LogP) is 3.93. The lowest BCUT2D eigenvalue weighted by atomic mass is 10.1. The number of hydrogen-bond donors (Lipinski definition) is 2. The Morgan fingerprint density at radius 1 is 1.12 bits per heavy atom. The van der Waals surface area contributed by atoms with Gasteiger partial charge in [-0.15, -0.1) is 0 Å². The van der Waals surface area contributed by atoms with Crippen LogP contribution >= 0.6 is 0 Å². The lowest BCUT2D eigenvalue weighted by Gasteiger charge is -2.17. The van der Waals surface area contributed by atoms with Crippen molar-refractivity contribution in [3.63, 3.8) is 0 Å². The molecule has 1 aromatic heterocycles. The third-order valence-electron chi connectivity index (χ3n) is 4.75. The zero-order valence-corrected chi connectivity index (χ0v) is 13.7. The fourth-order valence-corrected chi connectivity index (χ4v) is 3.65. The van der Waals surface area contributed by atoms with E-state index >= 15 is 0 Å². The minimum absolute atomic E-state index is 0.198. The van der Waals surface area contributed by atoms with Gasteiger partial charge in [-0.2, -0.15) is 0 Å². The molecule has 2 aromatic carbocycles. The van der Waals surface area contributed by atoms with Crippen molar-refractivity contribution < 1.29 is 4.39 Å². The summed E-state index contributed by atoms with van der Waals surface area (Å²) in [4.78, 5) is 0. The smallest absolute Gasteiger partial charge is 0.125 e. The molecule has 0 saturated carbocycles. The van der Waals surface area contributed by atoms with E-state index in [0.717, 1.165) is 44.7 Å². The molecule has 2 heterocycles. The van der Waals surface area contributed by atoms with Crippen LogP contribution in [0.4, 0.5) is 10.1 Å². The first-order chi connectivity index (χ1) is 11.8. The molecule has 0 amide bonds. The molecule has 0 bridgehead atoms. The molecule has 3 aromatic rings. The summed E-state index contributed by atoms with van der Waals surface area (Å²) in [6.45, 7) is 3.81. The summed E-state index contributed by atoms with van der Waals surface area (Å²) in [7, 11) is 0. The van der Waals surface area contributed by atoms with Crippen molar-refractivity contribution in [2.45, 2.75) is 25.9 Å².